The molecule has 7 heteroatoms. The maximum Gasteiger partial charge on any atom is 0.352 e. The molecule has 4 aromatic rings. The second-order valence-electron chi connectivity index (χ2n) is 5.45. The summed E-state index contributed by atoms with van der Waals surface area (Å²) in [5, 5.41) is 7.76. The van der Waals surface area contributed by atoms with Crippen molar-refractivity contribution in [2.75, 3.05) is 7.11 Å². The van der Waals surface area contributed by atoms with Crippen molar-refractivity contribution < 1.29 is 9.13 Å². The molecule has 0 radical (unpaired) electrons. The first-order valence-corrected chi connectivity index (χ1v) is 7.53. The number of hydrogen-bond acceptors (Lipinski definition) is 4. The number of halogens is 1. The summed E-state index contributed by atoms with van der Waals surface area (Å²) in [6.07, 6.45) is 3.21. The van der Waals surface area contributed by atoms with Gasteiger partial charge in [0.25, 0.3) is 0 Å². The lowest BCUT2D eigenvalue weighted by molar-refractivity contribution is 0.411. The van der Waals surface area contributed by atoms with E-state index in [1.165, 1.54) is 25.4 Å². The predicted molar refractivity (Wildman–Crippen MR) is 91.4 cm³/mol. The fourth-order valence-corrected chi connectivity index (χ4v) is 2.66. The highest BCUT2D eigenvalue weighted by atomic mass is 19.1. The number of aromatic amines is 1. The van der Waals surface area contributed by atoms with Crippen LogP contribution in [-0.4, -0.2) is 26.9 Å². The molecule has 0 spiro atoms. The molecule has 0 fully saturated rings. The van der Waals surface area contributed by atoms with Gasteiger partial charge in [0.05, 0.1) is 30.2 Å². The number of fused-ring (bicyclic) bond motifs is 1. The van der Waals surface area contributed by atoms with Gasteiger partial charge in [0, 0.05) is 23.2 Å². The Kier molecular flexibility index (Phi) is 3.53. The molecule has 0 atom stereocenters. The summed E-state index contributed by atoms with van der Waals surface area (Å²) < 4.78 is 20.3. The number of benzene rings is 2. The number of nitrogens with one attached hydrogen (secondary N) is 1. The molecule has 0 bridgehead atoms. The van der Waals surface area contributed by atoms with Gasteiger partial charge in [-0.2, -0.15) is 10.1 Å². The lowest BCUT2D eigenvalue weighted by Crippen LogP contribution is -2.21. The van der Waals surface area contributed by atoms with E-state index in [0.29, 0.717) is 11.4 Å². The summed E-state index contributed by atoms with van der Waals surface area (Å²) >= 11 is 0. The highest BCUT2D eigenvalue weighted by molar-refractivity contribution is 5.83. The Morgan fingerprint density at radius 2 is 2.04 bits per heavy atom. The first-order valence-electron chi connectivity index (χ1n) is 7.53. The van der Waals surface area contributed by atoms with Crippen LogP contribution in [0, 0.1) is 5.82 Å². The van der Waals surface area contributed by atoms with Gasteiger partial charge in [-0.3, -0.25) is 9.67 Å². The van der Waals surface area contributed by atoms with Gasteiger partial charge < -0.3 is 4.74 Å². The van der Waals surface area contributed by atoms with E-state index in [1.54, 1.807) is 18.3 Å². The molecule has 0 saturated carbocycles. The number of hydrogen-bond donors (Lipinski definition) is 1. The molecule has 0 aliphatic rings. The molecule has 6 nitrogen and oxygen atoms in total. The van der Waals surface area contributed by atoms with Crippen LogP contribution in [0.4, 0.5) is 4.39 Å². The maximum absolute atomic E-state index is 14.2. The molecule has 0 aliphatic heterocycles. The van der Waals surface area contributed by atoms with Crippen LogP contribution in [0.25, 0.3) is 27.8 Å². The molecule has 25 heavy (non-hydrogen) atoms. The van der Waals surface area contributed by atoms with E-state index in [-0.39, 0.29) is 5.69 Å². The van der Waals surface area contributed by atoms with E-state index in [2.05, 4.69) is 15.2 Å². The fourth-order valence-electron chi connectivity index (χ4n) is 2.66. The van der Waals surface area contributed by atoms with Crippen LogP contribution in [0.3, 0.4) is 0 Å². The molecule has 0 saturated heterocycles. The molecule has 0 amide bonds. The Bertz CT molecular complexity index is 1130. The quantitative estimate of drug-likeness (QED) is 0.624. The molecule has 0 aliphatic carbocycles. The zero-order valence-corrected chi connectivity index (χ0v) is 13.2. The molecule has 2 aromatic carbocycles. The summed E-state index contributed by atoms with van der Waals surface area (Å²) in [5.41, 5.74) is 1.76. The first-order chi connectivity index (χ1) is 12.2. The van der Waals surface area contributed by atoms with E-state index in [1.807, 2.05) is 18.2 Å². The molecule has 124 valence electrons. The van der Waals surface area contributed by atoms with E-state index in [9.17, 15) is 9.18 Å². The van der Waals surface area contributed by atoms with Gasteiger partial charge in [0.15, 0.2) is 5.82 Å². The van der Waals surface area contributed by atoms with Crippen molar-refractivity contribution in [3.8, 4) is 22.7 Å². The van der Waals surface area contributed by atoms with Crippen LogP contribution in [-0.2, 0) is 0 Å². The molecule has 2 heterocycles. The highest BCUT2D eigenvalue weighted by Crippen LogP contribution is 2.22. The summed E-state index contributed by atoms with van der Waals surface area (Å²) in [6, 6.07) is 11.6. The van der Waals surface area contributed by atoms with Crippen molar-refractivity contribution in [2.24, 2.45) is 0 Å². The topological polar surface area (TPSA) is 72.8 Å². The third-order valence-corrected chi connectivity index (χ3v) is 3.95. The normalized spacial score (nSPS) is 11.0. The van der Waals surface area contributed by atoms with Gasteiger partial charge in [-0.15, -0.1) is 0 Å². The van der Waals surface area contributed by atoms with Crippen molar-refractivity contribution in [1.82, 2.24) is 19.7 Å². The monoisotopic (exact) mass is 336 g/mol. The lowest BCUT2D eigenvalue weighted by Gasteiger charge is -2.09. The van der Waals surface area contributed by atoms with Crippen molar-refractivity contribution in [2.45, 2.75) is 0 Å². The third-order valence-electron chi connectivity index (χ3n) is 3.95. The van der Waals surface area contributed by atoms with E-state index < -0.39 is 11.5 Å². The Labute approximate surface area is 141 Å². The van der Waals surface area contributed by atoms with Crippen molar-refractivity contribution in [3.05, 3.63) is 71.2 Å². The summed E-state index contributed by atoms with van der Waals surface area (Å²) in [5.74, 6) is -0.178. The van der Waals surface area contributed by atoms with E-state index in [0.717, 1.165) is 21.0 Å². The largest absolute Gasteiger partial charge is 0.497 e. The van der Waals surface area contributed by atoms with Crippen LogP contribution in [0.15, 0.2) is 59.7 Å². The summed E-state index contributed by atoms with van der Waals surface area (Å²) in [6.45, 7) is 0. The average molecular weight is 336 g/mol. The van der Waals surface area contributed by atoms with Crippen LogP contribution in [0.2, 0.25) is 0 Å². The Balaban J connectivity index is 1.77. The van der Waals surface area contributed by atoms with Gasteiger partial charge in [-0.1, -0.05) is 6.07 Å². The number of ether oxygens (including phenoxy) is 1. The Morgan fingerprint density at radius 1 is 1.16 bits per heavy atom. The van der Waals surface area contributed by atoms with Crippen LogP contribution < -0.4 is 10.4 Å². The standard InChI is InChI=1S/C18H13FN4O2/c1-25-13-3-5-17(14(19)9-13)23-7-6-15(21-18(23)24)11-2-4-16-12(8-11)10-20-22-16/h2-10H,1H3,(H,20,22). The van der Waals surface area contributed by atoms with E-state index >= 15 is 0 Å². The summed E-state index contributed by atoms with van der Waals surface area (Å²) in [4.78, 5) is 16.4. The summed E-state index contributed by atoms with van der Waals surface area (Å²) in [7, 11) is 1.45. The molecule has 2 aromatic heterocycles. The van der Waals surface area contributed by atoms with Crippen molar-refractivity contribution in [1.29, 1.82) is 0 Å². The zero-order chi connectivity index (χ0) is 17.4. The molecular formula is C18H13FN4O2. The van der Waals surface area contributed by atoms with Gasteiger partial charge >= 0.3 is 5.69 Å². The van der Waals surface area contributed by atoms with Gasteiger partial charge in [0.1, 0.15) is 5.75 Å². The Morgan fingerprint density at radius 3 is 2.80 bits per heavy atom. The lowest BCUT2D eigenvalue weighted by atomic mass is 10.1. The van der Waals surface area contributed by atoms with Crippen LogP contribution in [0.5, 0.6) is 5.75 Å². The molecule has 4 rings (SSSR count). The molecule has 1 N–H and O–H groups in total. The zero-order valence-electron chi connectivity index (χ0n) is 13.2. The van der Waals surface area contributed by atoms with Gasteiger partial charge in [-0.05, 0) is 30.3 Å². The van der Waals surface area contributed by atoms with E-state index in [4.69, 9.17) is 4.74 Å². The van der Waals surface area contributed by atoms with Crippen LogP contribution >= 0.6 is 0 Å². The maximum atomic E-state index is 14.2. The Hall–Kier alpha value is -3.48. The van der Waals surface area contributed by atoms with Crippen molar-refractivity contribution in [3.63, 3.8) is 0 Å². The average Bonchev–Trinajstić information content (AvgIpc) is 3.09. The molecule has 0 unspecified atom stereocenters. The number of nitrogens with zero attached hydrogens (tertiary/aromatic N) is 3. The third kappa shape index (κ3) is 2.65. The van der Waals surface area contributed by atoms with Gasteiger partial charge in [0.2, 0.25) is 0 Å². The van der Waals surface area contributed by atoms with Crippen LogP contribution in [0.1, 0.15) is 0 Å². The predicted octanol–water partition coefficient (Wildman–Crippen LogP) is 2.92. The second kappa shape index (κ2) is 5.86. The van der Waals surface area contributed by atoms with Gasteiger partial charge in [-0.25, -0.2) is 9.18 Å². The minimum atomic E-state index is -0.561. The number of aromatic nitrogens is 4. The smallest absolute Gasteiger partial charge is 0.352 e. The fraction of sp³-hybridized carbons (Fsp3) is 0.0556. The minimum absolute atomic E-state index is 0.120. The SMILES string of the molecule is COc1ccc(-n2ccc(-c3ccc4[nH]ncc4c3)nc2=O)c(F)c1. The first kappa shape index (κ1) is 15.1. The number of methoxy groups -OCH3 is 1. The highest BCUT2D eigenvalue weighted by Gasteiger charge is 2.10. The number of H-pyrrole nitrogens is 1. The van der Waals surface area contributed by atoms with Crippen molar-refractivity contribution >= 4 is 10.9 Å². The second-order valence-corrected chi connectivity index (χ2v) is 5.45. The molecular weight excluding hydrogens is 323 g/mol. The minimum Gasteiger partial charge on any atom is -0.497 e. The number of rotatable bonds is 3.